The minimum Gasteiger partial charge on any atom is -0.480 e. The van der Waals surface area contributed by atoms with Gasteiger partial charge in [-0.3, -0.25) is 4.79 Å². The van der Waals surface area contributed by atoms with E-state index in [1.807, 2.05) is 0 Å². The van der Waals surface area contributed by atoms with Crippen molar-refractivity contribution < 1.29 is 18.3 Å². The van der Waals surface area contributed by atoms with Crippen molar-refractivity contribution in [3.05, 3.63) is 28.2 Å². The monoisotopic (exact) mass is 351 g/mol. The molecule has 0 radical (unpaired) electrons. The van der Waals surface area contributed by atoms with E-state index in [-0.39, 0.29) is 21.5 Å². The smallest absolute Gasteiger partial charge is 0.322 e. The summed E-state index contributed by atoms with van der Waals surface area (Å²) in [4.78, 5) is 11.4. The molecule has 8 heteroatoms. The lowest BCUT2D eigenvalue weighted by Gasteiger charge is -2.28. The van der Waals surface area contributed by atoms with Gasteiger partial charge in [0.1, 0.15) is 6.04 Å². The van der Waals surface area contributed by atoms with Crippen LogP contribution in [0, 0.1) is 5.41 Å². The lowest BCUT2D eigenvalue weighted by molar-refractivity contribution is -0.143. The number of hydrogen-bond acceptors (Lipinski definition) is 3. The van der Waals surface area contributed by atoms with Gasteiger partial charge in [-0.15, -0.1) is 0 Å². The molecule has 0 aromatic heterocycles. The summed E-state index contributed by atoms with van der Waals surface area (Å²) in [6.45, 7) is 3.63. The molecule has 0 saturated carbocycles. The molecule has 1 aliphatic heterocycles. The van der Waals surface area contributed by atoms with Gasteiger partial charge in [-0.05, 0) is 30.0 Å². The van der Waals surface area contributed by atoms with Crippen LogP contribution < -0.4 is 0 Å². The molecule has 0 aliphatic carbocycles. The Morgan fingerprint density at radius 2 is 1.81 bits per heavy atom. The second-order valence-corrected chi connectivity index (χ2v) is 8.46. The van der Waals surface area contributed by atoms with Gasteiger partial charge in [0.05, 0.1) is 4.90 Å². The van der Waals surface area contributed by atoms with Gasteiger partial charge in [-0.1, -0.05) is 37.0 Å². The number of carbonyl (C=O) groups is 1. The Labute approximate surface area is 133 Å². The molecule has 1 aromatic carbocycles. The van der Waals surface area contributed by atoms with E-state index < -0.39 is 27.4 Å². The summed E-state index contributed by atoms with van der Waals surface area (Å²) in [7, 11) is -3.97. The molecule has 2 rings (SSSR count). The van der Waals surface area contributed by atoms with Crippen molar-refractivity contribution in [1.82, 2.24) is 4.31 Å². The first kappa shape index (κ1) is 16.5. The molecule has 1 heterocycles. The van der Waals surface area contributed by atoms with E-state index in [2.05, 4.69) is 0 Å². The summed E-state index contributed by atoms with van der Waals surface area (Å²) in [5.74, 6) is -1.16. The van der Waals surface area contributed by atoms with Crippen molar-refractivity contribution >= 4 is 39.2 Å². The third-order valence-corrected chi connectivity index (χ3v) is 5.96. The van der Waals surface area contributed by atoms with Gasteiger partial charge in [0.15, 0.2) is 0 Å². The van der Waals surface area contributed by atoms with Crippen LogP contribution in [0.15, 0.2) is 23.1 Å². The van der Waals surface area contributed by atoms with Gasteiger partial charge in [0, 0.05) is 16.6 Å². The number of carboxylic acids is 1. The summed E-state index contributed by atoms with van der Waals surface area (Å²) in [5.41, 5.74) is -0.638. The van der Waals surface area contributed by atoms with Crippen LogP contribution in [0.25, 0.3) is 0 Å². The summed E-state index contributed by atoms with van der Waals surface area (Å²) >= 11 is 11.7. The van der Waals surface area contributed by atoms with Crippen LogP contribution in [-0.4, -0.2) is 36.4 Å². The van der Waals surface area contributed by atoms with Gasteiger partial charge in [-0.25, -0.2) is 8.42 Å². The predicted molar refractivity (Wildman–Crippen MR) is 80.2 cm³/mol. The number of benzene rings is 1. The Kier molecular flexibility index (Phi) is 4.28. The van der Waals surface area contributed by atoms with E-state index in [0.717, 1.165) is 4.31 Å². The normalized spacial score (nSPS) is 22.4. The van der Waals surface area contributed by atoms with Crippen LogP contribution >= 0.6 is 23.2 Å². The van der Waals surface area contributed by atoms with E-state index in [4.69, 9.17) is 23.2 Å². The number of hydrogen-bond donors (Lipinski definition) is 1. The van der Waals surface area contributed by atoms with E-state index in [9.17, 15) is 18.3 Å². The molecule has 1 aliphatic rings. The molecule has 21 heavy (non-hydrogen) atoms. The molecule has 1 atom stereocenters. The molecule has 0 unspecified atom stereocenters. The Balaban J connectivity index is 2.51. The fraction of sp³-hybridized carbons (Fsp3) is 0.462. The van der Waals surface area contributed by atoms with Crippen molar-refractivity contribution in [2.75, 3.05) is 6.54 Å². The van der Waals surface area contributed by atoms with E-state index in [1.54, 1.807) is 13.8 Å². The maximum atomic E-state index is 12.7. The van der Waals surface area contributed by atoms with Crippen molar-refractivity contribution in [1.29, 1.82) is 0 Å². The number of sulfonamides is 1. The van der Waals surface area contributed by atoms with Crippen molar-refractivity contribution in [2.24, 2.45) is 5.41 Å². The Hall–Kier alpha value is -0.820. The first-order chi connectivity index (χ1) is 9.55. The molecule has 0 bridgehead atoms. The fourth-order valence-corrected chi connectivity index (χ4v) is 5.05. The molecular formula is C13H15Cl2NO4S. The SMILES string of the molecule is CC1(C)CCN(S(=O)(=O)c2cc(Cl)cc(Cl)c2)[C@@H]1C(=O)O. The molecule has 1 aromatic rings. The molecular weight excluding hydrogens is 337 g/mol. The highest BCUT2D eigenvalue weighted by Gasteiger charge is 2.50. The molecule has 1 fully saturated rings. The van der Waals surface area contributed by atoms with Gasteiger partial charge in [-0.2, -0.15) is 4.31 Å². The van der Waals surface area contributed by atoms with Crippen LogP contribution in [0.5, 0.6) is 0 Å². The maximum Gasteiger partial charge on any atom is 0.322 e. The van der Waals surface area contributed by atoms with E-state index in [1.165, 1.54) is 18.2 Å². The number of nitrogens with zero attached hydrogens (tertiary/aromatic N) is 1. The Bertz CT molecular complexity index is 667. The zero-order valence-electron chi connectivity index (χ0n) is 11.5. The van der Waals surface area contributed by atoms with Crippen LogP contribution in [0.4, 0.5) is 0 Å². The van der Waals surface area contributed by atoms with Gasteiger partial charge in [0.25, 0.3) is 0 Å². The summed E-state index contributed by atoms with van der Waals surface area (Å²) in [6, 6.07) is 2.85. The zero-order chi connectivity index (χ0) is 16.0. The Morgan fingerprint density at radius 1 is 1.29 bits per heavy atom. The average Bonchev–Trinajstić information content (AvgIpc) is 2.64. The van der Waals surface area contributed by atoms with Crippen molar-refractivity contribution in [3.8, 4) is 0 Å². The molecule has 1 N–H and O–H groups in total. The molecule has 5 nitrogen and oxygen atoms in total. The topological polar surface area (TPSA) is 74.7 Å². The highest BCUT2D eigenvalue weighted by molar-refractivity contribution is 7.89. The predicted octanol–water partition coefficient (Wildman–Crippen LogP) is 2.87. The van der Waals surface area contributed by atoms with E-state index >= 15 is 0 Å². The van der Waals surface area contributed by atoms with Crippen LogP contribution in [0.1, 0.15) is 20.3 Å². The average molecular weight is 352 g/mol. The fourth-order valence-electron chi connectivity index (χ4n) is 2.58. The second-order valence-electron chi connectivity index (χ2n) is 5.70. The maximum absolute atomic E-state index is 12.7. The molecule has 0 spiro atoms. The summed E-state index contributed by atoms with van der Waals surface area (Å²) in [5, 5.41) is 9.75. The number of halogens is 2. The number of carboxylic acid groups (broad SMARTS) is 1. The lowest BCUT2D eigenvalue weighted by Crippen LogP contribution is -2.46. The van der Waals surface area contributed by atoms with Gasteiger partial charge < -0.3 is 5.11 Å². The van der Waals surface area contributed by atoms with Crippen molar-refractivity contribution in [3.63, 3.8) is 0 Å². The largest absolute Gasteiger partial charge is 0.480 e. The second kappa shape index (κ2) is 5.43. The number of aliphatic carboxylic acids is 1. The summed E-state index contributed by atoms with van der Waals surface area (Å²) in [6.07, 6.45) is 0.470. The highest BCUT2D eigenvalue weighted by atomic mass is 35.5. The highest BCUT2D eigenvalue weighted by Crippen LogP contribution is 2.40. The molecule has 1 saturated heterocycles. The van der Waals surface area contributed by atoms with Gasteiger partial charge >= 0.3 is 5.97 Å². The Morgan fingerprint density at radius 3 is 2.29 bits per heavy atom. The van der Waals surface area contributed by atoms with Crippen molar-refractivity contribution in [2.45, 2.75) is 31.2 Å². The minimum absolute atomic E-state index is 0.0936. The zero-order valence-corrected chi connectivity index (χ0v) is 13.8. The van der Waals surface area contributed by atoms with Crippen LogP contribution in [0.2, 0.25) is 10.0 Å². The van der Waals surface area contributed by atoms with Crippen LogP contribution in [-0.2, 0) is 14.8 Å². The number of rotatable bonds is 3. The molecule has 0 amide bonds. The molecule has 116 valence electrons. The first-order valence-electron chi connectivity index (χ1n) is 6.26. The lowest BCUT2D eigenvalue weighted by atomic mass is 9.85. The quantitative estimate of drug-likeness (QED) is 0.908. The summed E-state index contributed by atoms with van der Waals surface area (Å²) < 4.78 is 26.4. The van der Waals surface area contributed by atoms with E-state index in [0.29, 0.717) is 6.42 Å². The minimum atomic E-state index is -3.97. The van der Waals surface area contributed by atoms with Crippen LogP contribution in [0.3, 0.4) is 0 Å². The first-order valence-corrected chi connectivity index (χ1v) is 8.46. The third-order valence-electron chi connectivity index (χ3n) is 3.68. The third kappa shape index (κ3) is 3.04. The standard InChI is InChI=1S/C13H15Cl2NO4S/c1-13(2)3-4-16(11(13)12(17)18)21(19,20)10-6-8(14)5-9(15)7-10/h5-7,11H,3-4H2,1-2H3,(H,17,18)/t11-/m1/s1. The van der Waals surface area contributed by atoms with Gasteiger partial charge in [0.2, 0.25) is 10.0 Å².